The molecule has 0 spiro atoms. The summed E-state index contributed by atoms with van der Waals surface area (Å²) in [5.41, 5.74) is 3.46. The average molecular weight is 316 g/mol. The smallest absolute Gasteiger partial charge is 0.273 e. The van der Waals surface area contributed by atoms with Gasteiger partial charge in [0.15, 0.2) is 0 Å². The molecule has 0 saturated carbocycles. The number of piperidine rings is 1. The highest BCUT2D eigenvalue weighted by Gasteiger charge is 2.25. The highest BCUT2D eigenvalue weighted by molar-refractivity contribution is 7.07. The Morgan fingerprint density at radius 1 is 1.50 bits per heavy atom. The second kappa shape index (κ2) is 6.92. The summed E-state index contributed by atoms with van der Waals surface area (Å²) in [6, 6.07) is 8.08. The first-order valence-electron chi connectivity index (χ1n) is 7.59. The van der Waals surface area contributed by atoms with Crippen LogP contribution in [0.1, 0.15) is 28.9 Å². The van der Waals surface area contributed by atoms with Crippen molar-refractivity contribution < 1.29 is 9.53 Å². The molecule has 1 fully saturated rings. The lowest BCUT2D eigenvalue weighted by Crippen LogP contribution is -2.41. The van der Waals surface area contributed by atoms with Gasteiger partial charge < -0.3 is 9.64 Å². The Balaban J connectivity index is 1.55. The van der Waals surface area contributed by atoms with Crippen LogP contribution in [0.5, 0.6) is 5.75 Å². The molecule has 5 heteroatoms. The zero-order chi connectivity index (χ0) is 15.4. The number of amides is 1. The normalized spacial score (nSPS) is 18.2. The Labute approximate surface area is 134 Å². The van der Waals surface area contributed by atoms with E-state index in [0.717, 1.165) is 31.7 Å². The summed E-state index contributed by atoms with van der Waals surface area (Å²) in [5, 5.41) is 1.81. The van der Waals surface area contributed by atoms with Gasteiger partial charge in [-0.2, -0.15) is 0 Å². The van der Waals surface area contributed by atoms with E-state index in [2.05, 4.69) is 18.0 Å². The Bertz CT molecular complexity index is 627. The van der Waals surface area contributed by atoms with Crippen LogP contribution < -0.4 is 4.74 Å². The molecule has 116 valence electrons. The summed E-state index contributed by atoms with van der Waals surface area (Å²) in [5.74, 6) is 1.33. The van der Waals surface area contributed by atoms with Crippen LogP contribution in [0.25, 0.3) is 0 Å². The minimum atomic E-state index is 0.0431. The number of carbonyl (C=O) groups is 1. The molecule has 0 bridgehead atoms. The lowest BCUT2D eigenvalue weighted by Gasteiger charge is -2.32. The molecule has 1 aliphatic heterocycles. The fourth-order valence-electron chi connectivity index (χ4n) is 2.78. The first-order chi connectivity index (χ1) is 10.7. The maximum absolute atomic E-state index is 12.4. The second-order valence-electron chi connectivity index (χ2n) is 5.76. The number of rotatable bonds is 4. The van der Waals surface area contributed by atoms with E-state index in [-0.39, 0.29) is 5.91 Å². The van der Waals surface area contributed by atoms with Crippen LogP contribution in [0.4, 0.5) is 0 Å². The highest BCUT2D eigenvalue weighted by Crippen LogP contribution is 2.21. The maximum Gasteiger partial charge on any atom is 0.273 e. The summed E-state index contributed by atoms with van der Waals surface area (Å²) in [7, 11) is 0. The minimum absolute atomic E-state index is 0.0431. The van der Waals surface area contributed by atoms with Crippen molar-refractivity contribution in [3.8, 4) is 5.75 Å². The van der Waals surface area contributed by atoms with E-state index < -0.39 is 0 Å². The molecule has 0 radical (unpaired) electrons. The van der Waals surface area contributed by atoms with E-state index >= 15 is 0 Å². The van der Waals surface area contributed by atoms with Gasteiger partial charge in [0.05, 0.1) is 12.1 Å². The van der Waals surface area contributed by atoms with Crippen molar-refractivity contribution in [2.75, 3.05) is 19.7 Å². The number of aryl methyl sites for hydroxylation is 1. The maximum atomic E-state index is 12.4. The first-order valence-corrected chi connectivity index (χ1v) is 8.53. The van der Waals surface area contributed by atoms with E-state index in [9.17, 15) is 4.79 Å². The molecule has 1 aliphatic rings. The van der Waals surface area contributed by atoms with Gasteiger partial charge in [0, 0.05) is 24.4 Å². The van der Waals surface area contributed by atoms with E-state index in [0.29, 0.717) is 18.2 Å². The van der Waals surface area contributed by atoms with E-state index in [1.54, 1.807) is 5.51 Å². The Morgan fingerprint density at radius 2 is 2.41 bits per heavy atom. The van der Waals surface area contributed by atoms with E-state index in [1.165, 1.54) is 16.9 Å². The van der Waals surface area contributed by atoms with Gasteiger partial charge in [-0.15, -0.1) is 11.3 Å². The summed E-state index contributed by atoms with van der Waals surface area (Å²) in [6.07, 6.45) is 2.13. The van der Waals surface area contributed by atoms with Crippen molar-refractivity contribution in [3.05, 3.63) is 46.4 Å². The van der Waals surface area contributed by atoms with Gasteiger partial charge in [-0.3, -0.25) is 4.79 Å². The van der Waals surface area contributed by atoms with Gasteiger partial charge in [-0.1, -0.05) is 12.1 Å². The third-order valence-electron chi connectivity index (χ3n) is 3.93. The third-order valence-corrected chi connectivity index (χ3v) is 4.52. The van der Waals surface area contributed by atoms with Crippen LogP contribution in [-0.2, 0) is 0 Å². The van der Waals surface area contributed by atoms with Crippen LogP contribution in [0.3, 0.4) is 0 Å². The molecular weight excluding hydrogens is 296 g/mol. The molecular formula is C17H20N2O2S. The molecule has 4 nitrogen and oxygen atoms in total. The van der Waals surface area contributed by atoms with Crippen LogP contribution in [0.15, 0.2) is 35.2 Å². The largest absolute Gasteiger partial charge is 0.493 e. The standard InChI is InChI=1S/C17H20N2O2S/c1-13-4-2-6-15(8-13)21-10-14-5-3-7-19(9-14)17(20)16-11-22-12-18-16/h2,4,6,8,11-12,14H,3,5,7,9-10H2,1H3. The second-order valence-corrected chi connectivity index (χ2v) is 6.48. The van der Waals surface area contributed by atoms with Crippen LogP contribution >= 0.6 is 11.3 Å². The lowest BCUT2D eigenvalue weighted by molar-refractivity contribution is 0.0628. The summed E-state index contributed by atoms with van der Waals surface area (Å²) >= 11 is 1.46. The van der Waals surface area contributed by atoms with Crippen molar-refractivity contribution in [3.63, 3.8) is 0 Å². The van der Waals surface area contributed by atoms with Gasteiger partial charge in [0.1, 0.15) is 11.4 Å². The van der Waals surface area contributed by atoms with Crippen molar-refractivity contribution in [2.24, 2.45) is 5.92 Å². The number of hydrogen-bond acceptors (Lipinski definition) is 4. The SMILES string of the molecule is Cc1cccc(OCC2CCCN(C(=O)c3cscn3)C2)c1. The monoisotopic (exact) mass is 316 g/mol. The van der Waals surface area contributed by atoms with Gasteiger partial charge in [-0.05, 0) is 37.5 Å². The van der Waals surface area contributed by atoms with Crippen LogP contribution in [-0.4, -0.2) is 35.5 Å². The first kappa shape index (κ1) is 15.0. The number of aromatic nitrogens is 1. The molecule has 2 heterocycles. The zero-order valence-corrected chi connectivity index (χ0v) is 13.5. The topological polar surface area (TPSA) is 42.4 Å². The summed E-state index contributed by atoms with van der Waals surface area (Å²) in [4.78, 5) is 18.4. The lowest BCUT2D eigenvalue weighted by atomic mass is 9.98. The summed E-state index contributed by atoms with van der Waals surface area (Å²) in [6.45, 7) is 4.28. The average Bonchev–Trinajstić information content (AvgIpc) is 3.07. The number of nitrogens with zero attached hydrogens (tertiary/aromatic N) is 2. The van der Waals surface area contributed by atoms with Crippen molar-refractivity contribution in [2.45, 2.75) is 19.8 Å². The Morgan fingerprint density at radius 3 is 3.18 bits per heavy atom. The van der Waals surface area contributed by atoms with Crippen LogP contribution in [0, 0.1) is 12.8 Å². The number of carbonyl (C=O) groups excluding carboxylic acids is 1. The molecule has 3 rings (SSSR count). The van der Waals surface area contributed by atoms with Crippen molar-refractivity contribution in [1.29, 1.82) is 0 Å². The predicted octanol–water partition coefficient (Wildman–Crippen LogP) is 3.38. The van der Waals surface area contributed by atoms with Gasteiger partial charge in [0.25, 0.3) is 5.91 Å². The third kappa shape index (κ3) is 3.65. The van der Waals surface area contributed by atoms with Gasteiger partial charge in [0.2, 0.25) is 0 Å². The molecule has 0 N–H and O–H groups in total. The van der Waals surface area contributed by atoms with Gasteiger partial charge in [-0.25, -0.2) is 4.98 Å². The number of hydrogen-bond donors (Lipinski definition) is 0. The quantitative estimate of drug-likeness (QED) is 0.868. The molecule has 1 atom stereocenters. The fraction of sp³-hybridized carbons (Fsp3) is 0.412. The number of benzene rings is 1. The molecule has 1 unspecified atom stereocenters. The summed E-state index contributed by atoms with van der Waals surface area (Å²) < 4.78 is 5.89. The molecule has 2 aromatic rings. The minimum Gasteiger partial charge on any atom is -0.493 e. The molecule has 1 saturated heterocycles. The number of ether oxygens (including phenoxy) is 1. The number of thiazole rings is 1. The van der Waals surface area contributed by atoms with Crippen molar-refractivity contribution in [1.82, 2.24) is 9.88 Å². The van der Waals surface area contributed by atoms with Gasteiger partial charge >= 0.3 is 0 Å². The Hall–Kier alpha value is -1.88. The molecule has 1 aromatic carbocycles. The highest BCUT2D eigenvalue weighted by atomic mass is 32.1. The van der Waals surface area contributed by atoms with Crippen molar-refractivity contribution >= 4 is 17.2 Å². The molecule has 0 aliphatic carbocycles. The number of likely N-dealkylation sites (tertiary alicyclic amines) is 1. The molecule has 22 heavy (non-hydrogen) atoms. The Kier molecular flexibility index (Phi) is 4.73. The van der Waals surface area contributed by atoms with E-state index in [4.69, 9.17) is 4.74 Å². The van der Waals surface area contributed by atoms with E-state index in [1.807, 2.05) is 28.5 Å². The van der Waals surface area contributed by atoms with Crippen LogP contribution in [0.2, 0.25) is 0 Å². The molecule has 1 amide bonds. The molecule has 1 aromatic heterocycles. The predicted molar refractivity (Wildman–Crippen MR) is 87.4 cm³/mol. The zero-order valence-electron chi connectivity index (χ0n) is 12.7. The fourth-order valence-corrected chi connectivity index (χ4v) is 3.31.